The van der Waals surface area contributed by atoms with Gasteiger partial charge in [0, 0.05) is 30.4 Å². The van der Waals surface area contributed by atoms with Gasteiger partial charge in [-0.3, -0.25) is 4.79 Å². The second kappa shape index (κ2) is 7.51. The maximum atomic E-state index is 13.2. The van der Waals surface area contributed by atoms with Gasteiger partial charge < -0.3 is 5.32 Å². The molecule has 0 aromatic heterocycles. The van der Waals surface area contributed by atoms with Crippen LogP contribution in [0.2, 0.25) is 0 Å². The fraction of sp³-hybridized carbons (Fsp3) is 0.278. The average Bonchev–Trinajstić information content (AvgIpc) is 2.65. The Morgan fingerprint density at radius 1 is 0.923 bits per heavy atom. The number of nitrogens with zero attached hydrogens (tertiary/aromatic N) is 1. The minimum Gasteiger partial charge on any atom is -0.322 e. The number of sulfonamides is 1. The van der Waals surface area contributed by atoms with E-state index in [1.54, 1.807) is 0 Å². The molecule has 2 aromatic carbocycles. The SMILES string of the molecule is O=C(Nc1ccc(F)c(F)c1)c1ccc(S(=O)(=O)N2CCCCC2)cc1. The van der Waals surface area contributed by atoms with Gasteiger partial charge in [0.05, 0.1) is 4.90 Å². The first-order chi connectivity index (χ1) is 12.4. The Kier molecular flexibility index (Phi) is 5.33. The van der Waals surface area contributed by atoms with Gasteiger partial charge in [0.1, 0.15) is 0 Å². The van der Waals surface area contributed by atoms with Crippen molar-refractivity contribution in [1.82, 2.24) is 4.31 Å². The van der Waals surface area contributed by atoms with E-state index >= 15 is 0 Å². The van der Waals surface area contributed by atoms with Crippen molar-refractivity contribution in [1.29, 1.82) is 0 Å². The zero-order valence-electron chi connectivity index (χ0n) is 13.9. The topological polar surface area (TPSA) is 66.5 Å². The van der Waals surface area contributed by atoms with Gasteiger partial charge in [-0.15, -0.1) is 0 Å². The quantitative estimate of drug-likeness (QED) is 0.884. The molecule has 0 radical (unpaired) electrons. The number of amides is 1. The normalized spacial score (nSPS) is 15.6. The Morgan fingerprint density at radius 3 is 2.19 bits per heavy atom. The minimum atomic E-state index is -3.56. The molecule has 0 aliphatic carbocycles. The highest BCUT2D eigenvalue weighted by Gasteiger charge is 2.25. The fourth-order valence-electron chi connectivity index (χ4n) is 2.81. The molecule has 0 saturated carbocycles. The van der Waals surface area contributed by atoms with Crippen LogP contribution in [0.1, 0.15) is 29.6 Å². The van der Waals surface area contributed by atoms with E-state index in [0.717, 1.165) is 31.4 Å². The highest BCUT2D eigenvalue weighted by Crippen LogP contribution is 2.21. The molecule has 26 heavy (non-hydrogen) atoms. The van der Waals surface area contributed by atoms with Crippen molar-refractivity contribution in [3.8, 4) is 0 Å². The van der Waals surface area contributed by atoms with Gasteiger partial charge in [0.2, 0.25) is 10.0 Å². The third-order valence-corrected chi connectivity index (χ3v) is 6.16. The zero-order valence-corrected chi connectivity index (χ0v) is 14.7. The van der Waals surface area contributed by atoms with E-state index in [1.807, 2.05) is 0 Å². The van der Waals surface area contributed by atoms with Crippen LogP contribution < -0.4 is 5.32 Å². The molecule has 138 valence electrons. The molecule has 1 aliphatic rings. The highest BCUT2D eigenvalue weighted by atomic mass is 32.2. The summed E-state index contributed by atoms with van der Waals surface area (Å²) in [6, 6.07) is 8.58. The molecule has 5 nitrogen and oxygen atoms in total. The lowest BCUT2D eigenvalue weighted by molar-refractivity contribution is 0.102. The van der Waals surface area contributed by atoms with Gasteiger partial charge in [0.25, 0.3) is 5.91 Å². The van der Waals surface area contributed by atoms with Crippen LogP contribution >= 0.6 is 0 Å². The molecule has 0 bridgehead atoms. The van der Waals surface area contributed by atoms with Crippen LogP contribution in [0.4, 0.5) is 14.5 Å². The standard InChI is InChI=1S/C18H18F2N2O3S/c19-16-9-6-14(12-17(16)20)21-18(23)13-4-7-15(8-5-13)26(24,25)22-10-2-1-3-11-22/h4-9,12H,1-3,10-11H2,(H,21,23). The molecule has 1 fully saturated rings. The second-order valence-corrected chi connectivity index (χ2v) is 8.01. The summed E-state index contributed by atoms with van der Waals surface area (Å²) in [6.07, 6.45) is 2.71. The summed E-state index contributed by atoms with van der Waals surface area (Å²) in [5.74, 6) is -2.61. The number of carbonyl (C=O) groups is 1. The van der Waals surface area contributed by atoms with E-state index in [0.29, 0.717) is 13.1 Å². The number of hydrogen-bond acceptors (Lipinski definition) is 3. The Balaban J connectivity index is 1.74. The number of rotatable bonds is 4. The molecular weight excluding hydrogens is 362 g/mol. The zero-order chi connectivity index (χ0) is 18.7. The Hall–Kier alpha value is -2.32. The van der Waals surface area contributed by atoms with Crippen molar-refractivity contribution >= 4 is 21.6 Å². The molecule has 0 unspecified atom stereocenters. The van der Waals surface area contributed by atoms with E-state index in [4.69, 9.17) is 0 Å². The van der Waals surface area contributed by atoms with Crippen LogP contribution in [-0.4, -0.2) is 31.7 Å². The number of halogens is 2. The molecule has 3 rings (SSSR count). The number of carbonyl (C=O) groups excluding carboxylic acids is 1. The van der Waals surface area contributed by atoms with Gasteiger partial charge in [-0.2, -0.15) is 4.31 Å². The number of benzene rings is 2. The Morgan fingerprint density at radius 2 is 1.58 bits per heavy atom. The minimum absolute atomic E-state index is 0.110. The van der Waals surface area contributed by atoms with Crippen LogP contribution in [0.5, 0.6) is 0 Å². The summed E-state index contributed by atoms with van der Waals surface area (Å²) in [4.78, 5) is 12.3. The molecular formula is C18H18F2N2O3S. The molecule has 2 aromatic rings. The molecule has 0 atom stereocenters. The van der Waals surface area contributed by atoms with Crippen molar-refractivity contribution in [3.63, 3.8) is 0 Å². The van der Waals surface area contributed by atoms with Crippen LogP contribution in [0, 0.1) is 11.6 Å². The van der Waals surface area contributed by atoms with Crippen molar-refractivity contribution in [2.75, 3.05) is 18.4 Å². The van der Waals surface area contributed by atoms with Crippen LogP contribution in [0.25, 0.3) is 0 Å². The molecule has 1 N–H and O–H groups in total. The molecule has 8 heteroatoms. The molecule has 1 saturated heterocycles. The van der Waals surface area contributed by atoms with E-state index in [-0.39, 0.29) is 16.1 Å². The van der Waals surface area contributed by atoms with E-state index in [9.17, 15) is 22.0 Å². The first-order valence-electron chi connectivity index (χ1n) is 8.24. The number of nitrogens with one attached hydrogen (secondary N) is 1. The summed E-state index contributed by atoms with van der Waals surface area (Å²) in [5, 5.41) is 2.44. The lowest BCUT2D eigenvalue weighted by atomic mass is 10.2. The van der Waals surface area contributed by atoms with E-state index in [1.165, 1.54) is 34.6 Å². The maximum Gasteiger partial charge on any atom is 0.255 e. The van der Waals surface area contributed by atoms with Crippen molar-refractivity contribution < 1.29 is 22.0 Å². The molecule has 1 heterocycles. The largest absolute Gasteiger partial charge is 0.322 e. The molecule has 1 amide bonds. The monoisotopic (exact) mass is 380 g/mol. The number of anilines is 1. The smallest absolute Gasteiger partial charge is 0.255 e. The summed E-state index contributed by atoms with van der Waals surface area (Å²) >= 11 is 0. The summed E-state index contributed by atoms with van der Waals surface area (Å²) in [5.41, 5.74) is 0.325. The lowest BCUT2D eigenvalue weighted by Crippen LogP contribution is -2.35. The van der Waals surface area contributed by atoms with Crippen LogP contribution in [0.3, 0.4) is 0 Å². The summed E-state index contributed by atoms with van der Waals surface area (Å²) < 4.78 is 52.7. The number of piperidine rings is 1. The summed E-state index contributed by atoms with van der Waals surface area (Å²) in [6.45, 7) is 1.00. The molecule has 0 spiro atoms. The first-order valence-corrected chi connectivity index (χ1v) is 9.68. The second-order valence-electron chi connectivity index (χ2n) is 6.07. The van der Waals surface area contributed by atoms with Gasteiger partial charge >= 0.3 is 0 Å². The first kappa shape index (κ1) is 18.5. The predicted molar refractivity (Wildman–Crippen MR) is 93.4 cm³/mol. The van der Waals surface area contributed by atoms with E-state index in [2.05, 4.69) is 5.32 Å². The maximum absolute atomic E-state index is 13.2. The van der Waals surface area contributed by atoms with Crippen molar-refractivity contribution in [2.24, 2.45) is 0 Å². The molecule has 1 aliphatic heterocycles. The average molecular weight is 380 g/mol. The van der Waals surface area contributed by atoms with Gasteiger partial charge in [-0.05, 0) is 49.2 Å². The van der Waals surface area contributed by atoms with Gasteiger partial charge in [0.15, 0.2) is 11.6 Å². The summed E-state index contributed by atoms with van der Waals surface area (Å²) in [7, 11) is -3.56. The fourth-order valence-corrected chi connectivity index (χ4v) is 4.33. The number of hydrogen-bond donors (Lipinski definition) is 1. The third-order valence-electron chi connectivity index (χ3n) is 4.25. The van der Waals surface area contributed by atoms with Crippen molar-refractivity contribution in [2.45, 2.75) is 24.2 Å². The van der Waals surface area contributed by atoms with Crippen LogP contribution in [-0.2, 0) is 10.0 Å². The predicted octanol–water partition coefficient (Wildman–Crippen LogP) is 3.39. The Bertz CT molecular complexity index is 909. The van der Waals surface area contributed by atoms with Gasteiger partial charge in [-0.1, -0.05) is 6.42 Å². The van der Waals surface area contributed by atoms with Crippen LogP contribution in [0.15, 0.2) is 47.4 Å². The third kappa shape index (κ3) is 3.91. The highest BCUT2D eigenvalue weighted by molar-refractivity contribution is 7.89. The van der Waals surface area contributed by atoms with Gasteiger partial charge in [-0.25, -0.2) is 17.2 Å². The van der Waals surface area contributed by atoms with Crippen molar-refractivity contribution in [3.05, 3.63) is 59.7 Å². The Labute approximate surface area is 150 Å². The lowest BCUT2D eigenvalue weighted by Gasteiger charge is -2.25. The van der Waals surface area contributed by atoms with E-state index < -0.39 is 27.6 Å².